The number of sulfonamides is 1. The summed E-state index contributed by atoms with van der Waals surface area (Å²) in [5.74, 6) is 2.13. The van der Waals surface area contributed by atoms with Crippen LogP contribution >= 0.6 is 0 Å². The number of carbonyl (C=O) groups excluding carboxylic acids is 1. The van der Waals surface area contributed by atoms with E-state index in [4.69, 9.17) is 9.47 Å². The van der Waals surface area contributed by atoms with Crippen molar-refractivity contribution >= 4 is 15.9 Å². The van der Waals surface area contributed by atoms with Crippen molar-refractivity contribution in [3.05, 3.63) is 29.8 Å². The average Bonchev–Trinajstić information content (AvgIpc) is 2.92. The molecule has 1 atom stereocenters. The van der Waals surface area contributed by atoms with Gasteiger partial charge < -0.3 is 19.4 Å². The number of ether oxygens (including phenoxy) is 2. The van der Waals surface area contributed by atoms with Gasteiger partial charge in [0, 0.05) is 32.5 Å². The maximum absolute atomic E-state index is 13.0. The Kier molecular flexibility index (Phi) is 6.66. The summed E-state index contributed by atoms with van der Waals surface area (Å²) >= 11 is 0. The van der Waals surface area contributed by atoms with E-state index in [9.17, 15) is 13.2 Å². The number of likely N-dealkylation sites (N-methyl/N-ethyl adjacent to an activating group) is 1. The SMILES string of the molecule is CC(NC(=O)CN(C)S(=O)(=O)c1ccc2c(c1)OCCCO2)c1nnc2n1CCCCC2. The van der Waals surface area contributed by atoms with Crippen molar-refractivity contribution in [3.63, 3.8) is 0 Å². The first-order valence-electron chi connectivity index (χ1n) is 10.9. The van der Waals surface area contributed by atoms with E-state index in [1.54, 1.807) is 6.07 Å². The number of nitrogens with one attached hydrogen (secondary N) is 1. The van der Waals surface area contributed by atoms with Crippen LogP contribution in [0.2, 0.25) is 0 Å². The molecular formula is C21H29N5O5S. The summed E-state index contributed by atoms with van der Waals surface area (Å²) in [6, 6.07) is 4.11. The smallest absolute Gasteiger partial charge is 0.243 e. The highest BCUT2D eigenvalue weighted by Crippen LogP contribution is 2.32. The minimum Gasteiger partial charge on any atom is -0.490 e. The van der Waals surface area contributed by atoms with E-state index < -0.39 is 15.9 Å². The molecule has 1 N–H and O–H groups in total. The van der Waals surface area contributed by atoms with Crippen LogP contribution in [-0.4, -0.2) is 60.2 Å². The van der Waals surface area contributed by atoms with Crippen LogP contribution in [0.15, 0.2) is 23.1 Å². The Labute approximate surface area is 188 Å². The van der Waals surface area contributed by atoms with E-state index in [0.717, 1.165) is 48.8 Å². The number of benzene rings is 1. The number of fused-ring (bicyclic) bond motifs is 2. The number of aryl methyl sites for hydroxylation is 1. The van der Waals surface area contributed by atoms with Gasteiger partial charge in [-0.25, -0.2) is 8.42 Å². The number of hydrogen-bond acceptors (Lipinski definition) is 7. The number of amides is 1. The van der Waals surface area contributed by atoms with Crippen LogP contribution in [-0.2, 0) is 27.8 Å². The van der Waals surface area contributed by atoms with Gasteiger partial charge in [0.1, 0.15) is 5.82 Å². The van der Waals surface area contributed by atoms with Gasteiger partial charge in [0.2, 0.25) is 15.9 Å². The molecule has 1 aromatic carbocycles. The molecule has 4 rings (SSSR count). The van der Waals surface area contributed by atoms with Crippen LogP contribution in [0.25, 0.3) is 0 Å². The molecule has 0 spiro atoms. The lowest BCUT2D eigenvalue weighted by atomic mass is 10.2. The zero-order chi connectivity index (χ0) is 22.7. The summed E-state index contributed by atoms with van der Waals surface area (Å²) < 4.78 is 40.3. The number of aromatic nitrogens is 3. The van der Waals surface area contributed by atoms with Crippen molar-refractivity contribution in [1.29, 1.82) is 0 Å². The van der Waals surface area contributed by atoms with Gasteiger partial charge >= 0.3 is 0 Å². The fraction of sp³-hybridized carbons (Fsp3) is 0.571. The predicted molar refractivity (Wildman–Crippen MR) is 116 cm³/mol. The van der Waals surface area contributed by atoms with E-state index in [0.29, 0.717) is 30.5 Å². The molecule has 10 nitrogen and oxygen atoms in total. The van der Waals surface area contributed by atoms with Crippen molar-refractivity contribution in [2.24, 2.45) is 0 Å². The molecule has 3 heterocycles. The molecule has 32 heavy (non-hydrogen) atoms. The third-order valence-corrected chi connectivity index (χ3v) is 7.50. The van der Waals surface area contributed by atoms with Gasteiger partial charge in [-0.2, -0.15) is 4.31 Å². The highest BCUT2D eigenvalue weighted by Gasteiger charge is 2.27. The summed E-state index contributed by atoms with van der Waals surface area (Å²) in [5, 5.41) is 11.4. The maximum Gasteiger partial charge on any atom is 0.243 e. The minimum atomic E-state index is -3.88. The second kappa shape index (κ2) is 9.45. The quantitative estimate of drug-likeness (QED) is 0.693. The Balaban J connectivity index is 1.42. The lowest BCUT2D eigenvalue weighted by molar-refractivity contribution is -0.121. The maximum atomic E-state index is 13.0. The van der Waals surface area contributed by atoms with Gasteiger partial charge in [0.25, 0.3) is 0 Å². The predicted octanol–water partition coefficient (Wildman–Crippen LogP) is 1.66. The first-order chi connectivity index (χ1) is 15.4. The molecule has 1 aromatic heterocycles. The van der Waals surface area contributed by atoms with E-state index in [1.807, 2.05) is 6.92 Å². The van der Waals surface area contributed by atoms with Crippen LogP contribution < -0.4 is 14.8 Å². The van der Waals surface area contributed by atoms with E-state index >= 15 is 0 Å². The van der Waals surface area contributed by atoms with Crippen LogP contribution in [0.1, 0.15) is 50.3 Å². The summed E-state index contributed by atoms with van der Waals surface area (Å²) in [6.07, 6.45) is 4.89. The highest BCUT2D eigenvalue weighted by molar-refractivity contribution is 7.89. The molecule has 0 saturated carbocycles. The molecule has 0 saturated heterocycles. The Morgan fingerprint density at radius 2 is 1.94 bits per heavy atom. The molecule has 174 valence electrons. The van der Waals surface area contributed by atoms with Crippen molar-refractivity contribution in [2.75, 3.05) is 26.8 Å². The Bertz CT molecular complexity index is 1080. The monoisotopic (exact) mass is 463 g/mol. The number of hydrogen-bond donors (Lipinski definition) is 1. The second-order valence-corrected chi connectivity index (χ2v) is 10.2. The number of carbonyl (C=O) groups is 1. The van der Waals surface area contributed by atoms with Crippen molar-refractivity contribution < 1.29 is 22.7 Å². The lowest BCUT2D eigenvalue weighted by Crippen LogP contribution is -2.39. The lowest BCUT2D eigenvalue weighted by Gasteiger charge is -2.20. The summed E-state index contributed by atoms with van der Waals surface area (Å²) in [7, 11) is -2.50. The van der Waals surface area contributed by atoms with Gasteiger partial charge in [-0.05, 0) is 31.9 Å². The van der Waals surface area contributed by atoms with Crippen molar-refractivity contribution in [2.45, 2.75) is 56.5 Å². The first kappa shape index (κ1) is 22.5. The van der Waals surface area contributed by atoms with Gasteiger partial charge in [-0.1, -0.05) is 6.42 Å². The van der Waals surface area contributed by atoms with Crippen LogP contribution in [0.5, 0.6) is 11.5 Å². The third kappa shape index (κ3) is 4.73. The topological polar surface area (TPSA) is 116 Å². The van der Waals surface area contributed by atoms with Gasteiger partial charge in [0.15, 0.2) is 17.3 Å². The standard InChI is InChI=1S/C21H29N5O5S/c1-15(21-24-23-19-7-4-3-5-10-26(19)21)22-20(27)14-25(2)32(28,29)16-8-9-17-18(13-16)31-12-6-11-30-17/h8-9,13,15H,3-7,10-12,14H2,1-2H3,(H,22,27). The molecule has 2 aliphatic heterocycles. The normalized spacial score (nSPS) is 17.2. The fourth-order valence-electron chi connectivity index (χ4n) is 3.95. The summed E-state index contributed by atoms with van der Waals surface area (Å²) in [4.78, 5) is 12.7. The Morgan fingerprint density at radius 3 is 2.75 bits per heavy atom. The molecule has 0 aliphatic carbocycles. The van der Waals surface area contributed by atoms with Crippen LogP contribution in [0, 0.1) is 0 Å². The van der Waals surface area contributed by atoms with Gasteiger partial charge in [-0.3, -0.25) is 4.79 Å². The molecular weight excluding hydrogens is 434 g/mol. The third-order valence-electron chi connectivity index (χ3n) is 5.70. The number of rotatable bonds is 6. The van der Waals surface area contributed by atoms with Crippen molar-refractivity contribution in [1.82, 2.24) is 24.4 Å². The molecule has 1 unspecified atom stereocenters. The van der Waals surface area contributed by atoms with Gasteiger partial charge in [0.05, 0.1) is 30.7 Å². The fourth-order valence-corrected chi connectivity index (χ4v) is 5.09. The molecule has 0 radical (unpaired) electrons. The molecule has 2 aromatic rings. The Hall–Kier alpha value is -2.66. The van der Waals surface area contributed by atoms with E-state index in [1.165, 1.54) is 19.2 Å². The first-order valence-corrected chi connectivity index (χ1v) is 12.4. The molecule has 0 fully saturated rings. The Morgan fingerprint density at radius 1 is 1.16 bits per heavy atom. The zero-order valence-corrected chi connectivity index (χ0v) is 19.2. The summed E-state index contributed by atoms with van der Waals surface area (Å²) in [6.45, 7) is 3.32. The number of nitrogens with zero attached hydrogens (tertiary/aromatic N) is 4. The van der Waals surface area contributed by atoms with Crippen molar-refractivity contribution in [3.8, 4) is 11.5 Å². The average molecular weight is 464 g/mol. The summed E-state index contributed by atoms with van der Waals surface area (Å²) in [5.41, 5.74) is 0. The molecule has 1 amide bonds. The highest BCUT2D eigenvalue weighted by atomic mass is 32.2. The molecule has 2 aliphatic rings. The van der Waals surface area contributed by atoms with Gasteiger partial charge in [-0.15, -0.1) is 10.2 Å². The van der Waals surface area contributed by atoms with E-state index in [2.05, 4.69) is 20.1 Å². The van der Waals surface area contributed by atoms with E-state index in [-0.39, 0.29) is 17.5 Å². The second-order valence-electron chi connectivity index (χ2n) is 8.15. The van der Waals surface area contributed by atoms with Crippen LogP contribution in [0.3, 0.4) is 0 Å². The minimum absolute atomic E-state index is 0.0490. The molecule has 11 heteroatoms. The zero-order valence-electron chi connectivity index (χ0n) is 18.4. The molecule has 0 bridgehead atoms. The van der Waals surface area contributed by atoms with Crippen LogP contribution in [0.4, 0.5) is 0 Å². The largest absolute Gasteiger partial charge is 0.490 e.